The molecule has 0 radical (unpaired) electrons. The van der Waals surface area contributed by atoms with Gasteiger partial charge >= 0.3 is 0 Å². The lowest BCUT2D eigenvalue weighted by atomic mass is 10.2. The van der Waals surface area contributed by atoms with Gasteiger partial charge in [0.1, 0.15) is 0 Å². The van der Waals surface area contributed by atoms with Gasteiger partial charge in [0, 0.05) is 22.8 Å². The fourth-order valence-electron chi connectivity index (χ4n) is 3.00. The number of nitrogens with zero attached hydrogens (tertiary/aromatic N) is 5. The molecule has 0 N–H and O–H groups in total. The molecule has 7 heteroatoms. The summed E-state index contributed by atoms with van der Waals surface area (Å²) in [4.78, 5) is 2.16. The largest absolute Gasteiger partial charge is 0.283 e. The lowest BCUT2D eigenvalue weighted by Gasteiger charge is -2.20. The van der Waals surface area contributed by atoms with Crippen molar-refractivity contribution in [2.45, 2.75) is 20.5 Å². The van der Waals surface area contributed by atoms with Gasteiger partial charge in [-0.1, -0.05) is 36.7 Å². The Labute approximate surface area is 175 Å². The Morgan fingerprint density at radius 2 is 1.86 bits per heavy atom. The maximum Gasteiger partial charge on any atom is 0.204 e. The van der Waals surface area contributed by atoms with E-state index in [1.54, 1.807) is 0 Å². The summed E-state index contributed by atoms with van der Waals surface area (Å²) in [5.41, 5.74) is 1.89. The standard InChI is InChI=1S/C21H22ClN5S/c1-3-25(14-16(2)13-23)15-26-21(28)27(19-7-5-4-6-8-19)20(24-26)17-9-11-18(22)12-10-17/h4-12,16H,3,14-15H2,1-2H3/t16-/m1/s1. The fraction of sp³-hybridized carbons (Fsp3) is 0.286. The Balaban J connectivity index is 2.06. The van der Waals surface area contributed by atoms with Crippen LogP contribution in [0, 0.1) is 22.0 Å². The van der Waals surface area contributed by atoms with E-state index in [0.717, 1.165) is 23.6 Å². The third-order valence-corrected chi connectivity index (χ3v) is 5.14. The molecule has 2 aromatic carbocycles. The van der Waals surface area contributed by atoms with Gasteiger partial charge in [-0.05, 0) is 62.1 Å². The number of hydrogen-bond acceptors (Lipinski definition) is 4. The Morgan fingerprint density at radius 3 is 2.46 bits per heavy atom. The first-order chi connectivity index (χ1) is 13.5. The van der Waals surface area contributed by atoms with E-state index in [4.69, 9.17) is 34.2 Å². The highest BCUT2D eigenvalue weighted by Crippen LogP contribution is 2.24. The topological polar surface area (TPSA) is 49.8 Å². The predicted octanol–water partition coefficient (Wildman–Crippen LogP) is 5.16. The Kier molecular flexibility index (Phi) is 6.63. The molecule has 0 spiro atoms. The van der Waals surface area contributed by atoms with E-state index in [1.807, 2.05) is 70.8 Å². The lowest BCUT2D eigenvalue weighted by molar-refractivity contribution is 0.202. The van der Waals surface area contributed by atoms with Crippen LogP contribution in [0.3, 0.4) is 0 Å². The summed E-state index contributed by atoms with van der Waals surface area (Å²) in [6, 6.07) is 19.8. The Hall–Kier alpha value is -2.46. The van der Waals surface area contributed by atoms with Crippen LogP contribution >= 0.6 is 23.8 Å². The van der Waals surface area contributed by atoms with Crippen molar-refractivity contribution in [3.8, 4) is 23.1 Å². The third-order valence-electron chi connectivity index (χ3n) is 4.49. The number of aromatic nitrogens is 3. The number of rotatable bonds is 7. The minimum absolute atomic E-state index is 0.0546. The maximum atomic E-state index is 9.13. The van der Waals surface area contributed by atoms with Gasteiger partial charge in [0.05, 0.1) is 18.7 Å². The smallest absolute Gasteiger partial charge is 0.204 e. The zero-order valence-corrected chi connectivity index (χ0v) is 17.5. The molecule has 0 saturated heterocycles. The van der Waals surface area contributed by atoms with Crippen LogP contribution in [0.4, 0.5) is 0 Å². The summed E-state index contributed by atoms with van der Waals surface area (Å²) in [6.45, 7) is 6.00. The summed E-state index contributed by atoms with van der Waals surface area (Å²) in [7, 11) is 0. The normalized spacial score (nSPS) is 12.1. The first-order valence-electron chi connectivity index (χ1n) is 9.16. The number of para-hydroxylation sites is 1. The number of hydrogen-bond donors (Lipinski definition) is 0. The molecule has 0 aliphatic rings. The molecule has 1 heterocycles. The summed E-state index contributed by atoms with van der Waals surface area (Å²) in [6.07, 6.45) is 0. The summed E-state index contributed by atoms with van der Waals surface area (Å²) < 4.78 is 4.40. The van der Waals surface area contributed by atoms with Crippen LogP contribution in [0.5, 0.6) is 0 Å². The molecule has 0 unspecified atom stereocenters. The van der Waals surface area contributed by atoms with Crippen LogP contribution in [-0.2, 0) is 6.67 Å². The maximum absolute atomic E-state index is 9.13. The summed E-state index contributed by atoms with van der Waals surface area (Å²) in [5, 5.41) is 14.6. The average Bonchev–Trinajstić information content (AvgIpc) is 3.04. The minimum atomic E-state index is -0.0546. The molecular formula is C21H22ClN5S. The molecule has 0 fully saturated rings. The first kappa shape index (κ1) is 20.3. The van der Waals surface area contributed by atoms with Crippen molar-refractivity contribution >= 4 is 23.8 Å². The van der Waals surface area contributed by atoms with Crippen molar-refractivity contribution in [2.24, 2.45) is 5.92 Å². The highest BCUT2D eigenvalue weighted by atomic mass is 35.5. The van der Waals surface area contributed by atoms with Gasteiger partial charge in [-0.15, -0.1) is 5.10 Å². The predicted molar refractivity (Wildman–Crippen MR) is 115 cm³/mol. The van der Waals surface area contributed by atoms with Gasteiger partial charge < -0.3 is 0 Å². The zero-order valence-electron chi connectivity index (χ0n) is 15.9. The van der Waals surface area contributed by atoms with Crippen LogP contribution in [0.1, 0.15) is 13.8 Å². The number of benzene rings is 2. The van der Waals surface area contributed by atoms with Gasteiger partial charge in [0.2, 0.25) is 4.77 Å². The molecule has 144 valence electrons. The van der Waals surface area contributed by atoms with Crippen molar-refractivity contribution in [3.05, 3.63) is 64.4 Å². The van der Waals surface area contributed by atoms with Crippen molar-refractivity contribution < 1.29 is 0 Å². The molecule has 3 aromatic rings. The quantitative estimate of drug-likeness (QED) is 0.503. The third kappa shape index (κ3) is 4.50. The van der Waals surface area contributed by atoms with Gasteiger partial charge in [0.25, 0.3) is 0 Å². The highest BCUT2D eigenvalue weighted by Gasteiger charge is 2.17. The molecule has 1 aromatic heterocycles. The van der Waals surface area contributed by atoms with Crippen molar-refractivity contribution in [1.82, 2.24) is 19.2 Å². The van der Waals surface area contributed by atoms with E-state index >= 15 is 0 Å². The van der Waals surface area contributed by atoms with Crippen LogP contribution in [0.25, 0.3) is 17.1 Å². The van der Waals surface area contributed by atoms with Gasteiger partial charge in [-0.3, -0.25) is 9.47 Å². The first-order valence-corrected chi connectivity index (χ1v) is 9.95. The van der Waals surface area contributed by atoms with E-state index in [9.17, 15) is 0 Å². The van der Waals surface area contributed by atoms with E-state index in [1.165, 1.54) is 0 Å². The summed E-state index contributed by atoms with van der Waals surface area (Å²) in [5.74, 6) is 0.707. The van der Waals surface area contributed by atoms with Crippen LogP contribution in [-0.4, -0.2) is 32.3 Å². The van der Waals surface area contributed by atoms with E-state index in [-0.39, 0.29) is 5.92 Å². The number of nitriles is 1. The second-order valence-corrected chi connectivity index (χ2v) is 7.43. The fourth-order valence-corrected chi connectivity index (χ4v) is 3.42. The molecule has 3 rings (SSSR count). The molecule has 0 saturated carbocycles. The van der Waals surface area contributed by atoms with E-state index in [2.05, 4.69) is 17.9 Å². The Morgan fingerprint density at radius 1 is 1.18 bits per heavy atom. The zero-order chi connectivity index (χ0) is 20.1. The highest BCUT2D eigenvalue weighted by molar-refractivity contribution is 7.71. The van der Waals surface area contributed by atoms with Crippen molar-refractivity contribution in [3.63, 3.8) is 0 Å². The van der Waals surface area contributed by atoms with E-state index < -0.39 is 0 Å². The van der Waals surface area contributed by atoms with Gasteiger partial charge in [-0.2, -0.15) is 5.26 Å². The van der Waals surface area contributed by atoms with Crippen molar-refractivity contribution in [2.75, 3.05) is 13.1 Å². The molecule has 5 nitrogen and oxygen atoms in total. The SMILES string of the molecule is CCN(C[C@H](C)C#N)Cn1nc(-c2ccc(Cl)cc2)n(-c2ccccc2)c1=S. The number of halogens is 1. The molecule has 28 heavy (non-hydrogen) atoms. The second-order valence-electron chi connectivity index (χ2n) is 6.62. The second kappa shape index (κ2) is 9.16. The van der Waals surface area contributed by atoms with Gasteiger partial charge in [0.15, 0.2) is 5.82 Å². The average molecular weight is 412 g/mol. The molecule has 0 bridgehead atoms. The van der Waals surface area contributed by atoms with Crippen LogP contribution in [0.15, 0.2) is 54.6 Å². The molecular weight excluding hydrogens is 390 g/mol. The monoisotopic (exact) mass is 411 g/mol. The lowest BCUT2D eigenvalue weighted by Crippen LogP contribution is -2.30. The van der Waals surface area contributed by atoms with Crippen molar-refractivity contribution in [1.29, 1.82) is 5.26 Å². The van der Waals surface area contributed by atoms with E-state index in [0.29, 0.717) is 23.0 Å². The van der Waals surface area contributed by atoms with Crippen LogP contribution < -0.4 is 0 Å². The van der Waals surface area contributed by atoms with Crippen LogP contribution in [0.2, 0.25) is 5.02 Å². The van der Waals surface area contributed by atoms with Gasteiger partial charge in [-0.25, -0.2) is 4.68 Å². The molecule has 0 aliphatic carbocycles. The summed E-state index contributed by atoms with van der Waals surface area (Å²) >= 11 is 11.8. The molecule has 1 atom stereocenters. The molecule has 0 amide bonds. The Bertz CT molecular complexity index is 1020. The minimum Gasteiger partial charge on any atom is -0.283 e. The molecule has 0 aliphatic heterocycles.